The van der Waals surface area contributed by atoms with Crippen molar-refractivity contribution in [1.29, 1.82) is 0 Å². The molecular formula is C20H27NO5. The quantitative estimate of drug-likeness (QED) is 0.891. The molecule has 1 amide bonds. The summed E-state index contributed by atoms with van der Waals surface area (Å²) in [5.74, 6) is -0.468. The summed E-state index contributed by atoms with van der Waals surface area (Å²) < 4.78 is 11.3. The summed E-state index contributed by atoms with van der Waals surface area (Å²) in [5.41, 5.74) is 0.0720. The zero-order chi connectivity index (χ0) is 18.9. The van der Waals surface area contributed by atoms with Crippen LogP contribution in [0.2, 0.25) is 0 Å². The summed E-state index contributed by atoms with van der Waals surface area (Å²) in [6, 6.07) is 7.71. The number of aliphatic carboxylic acids is 1. The Balaban J connectivity index is 1.68. The number of rotatable bonds is 4. The maximum Gasteiger partial charge on any atom is 0.311 e. The Morgan fingerprint density at radius 3 is 2.73 bits per heavy atom. The molecule has 0 unspecified atom stereocenters. The van der Waals surface area contributed by atoms with Gasteiger partial charge in [0.25, 0.3) is 5.91 Å². The molecule has 26 heavy (non-hydrogen) atoms. The normalized spacial score (nSPS) is 25.7. The highest BCUT2D eigenvalue weighted by atomic mass is 16.5. The maximum atomic E-state index is 12.7. The van der Waals surface area contributed by atoms with Gasteiger partial charge in [0.05, 0.1) is 12.0 Å². The molecule has 6 nitrogen and oxygen atoms in total. The van der Waals surface area contributed by atoms with Crippen LogP contribution in [0.25, 0.3) is 0 Å². The van der Waals surface area contributed by atoms with E-state index in [1.807, 2.05) is 24.3 Å². The van der Waals surface area contributed by atoms with E-state index in [9.17, 15) is 14.7 Å². The van der Waals surface area contributed by atoms with E-state index in [4.69, 9.17) is 9.47 Å². The third-order valence-corrected chi connectivity index (χ3v) is 5.53. The number of hydrogen-bond acceptors (Lipinski definition) is 4. The van der Waals surface area contributed by atoms with Crippen molar-refractivity contribution in [3.63, 3.8) is 0 Å². The molecule has 1 aromatic rings. The molecule has 6 heteroatoms. The van der Waals surface area contributed by atoms with Gasteiger partial charge in [0.1, 0.15) is 5.75 Å². The van der Waals surface area contributed by atoms with Crippen molar-refractivity contribution >= 4 is 11.9 Å². The van der Waals surface area contributed by atoms with Crippen LogP contribution in [0.1, 0.15) is 32.8 Å². The summed E-state index contributed by atoms with van der Waals surface area (Å²) in [6.07, 6.45) is 0.449. The van der Waals surface area contributed by atoms with Gasteiger partial charge in [0.2, 0.25) is 0 Å². The molecule has 2 atom stereocenters. The van der Waals surface area contributed by atoms with Gasteiger partial charge in [-0.3, -0.25) is 9.59 Å². The van der Waals surface area contributed by atoms with Crippen LogP contribution in [0.5, 0.6) is 5.75 Å². The molecule has 0 spiro atoms. The first-order chi connectivity index (χ1) is 12.2. The molecule has 0 aliphatic carbocycles. The van der Waals surface area contributed by atoms with E-state index in [0.717, 1.165) is 5.56 Å². The zero-order valence-corrected chi connectivity index (χ0v) is 15.7. The van der Waals surface area contributed by atoms with Gasteiger partial charge < -0.3 is 19.5 Å². The molecule has 1 aromatic carbocycles. The molecule has 2 saturated heterocycles. The van der Waals surface area contributed by atoms with Crippen molar-refractivity contribution < 1.29 is 24.2 Å². The number of carbonyl (C=O) groups is 2. The van der Waals surface area contributed by atoms with E-state index in [1.165, 1.54) is 0 Å². The minimum absolute atomic E-state index is 0.0869. The van der Waals surface area contributed by atoms with Crippen molar-refractivity contribution in [2.75, 3.05) is 32.9 Å². The minimum Gasteiger partial charge on any atom is -0.483 e. The molecule has 142 valence electrons. The molecule has 2 heterocycles. The maximum absolute atomic E-state index is 12.7. The van der Waals surface area contributed by atoms with E-state index >= 15 is 0 Å². The molecular weight excluding hydrogens is 334 g/mol. The number of hydrogen-bond donors (Lipinski definition) is 1. The van der Waals surface area contributed by atoms with Gasteiger partial charge in [0, 0.05) is 25.6 Å². The summed E-state index contributed by atoms with van der Waals surface area (Å²) in [4.78, 5) is 26.1. The highest BCUT2D eigenvalue weighted by Crippen LogP contribution is 2.42. The predicted octanol–water partition coefficient (Wildman–Crippen LogP) is 2.31. The van der Waals surface area contributed by atoms with Gasteiger partial charge >= 0.3 is 5.97 Å². The largest absolute Gasteiger partial charge is 0.483 e. The van der Waals surface area contributed by atoms with E-state index in [0.29, 0.717) is 31.9 Å². The molecule has 2 fully saturated rings. The Labute approximate surface area is 154 Å². The Bertz CT molecular complexity index is 696. The van der Waals surface area contributed by atoms with Gasteiger partial charge in [-0.2, -0.15) is 0 Å². The fraction of sp³-hybridized carbons (Fsp3) is 0.600. The van der Waals surface area contributed by atoms with Crippen LogP contribution in [0.4, 0.5) is 0 Å². The third kappa shape index (κ3) is 3.43. The lowest BCUT2D eigenvalue weighted by Gasteiger charge is -2.33. The number of fused-ring (bicyclic) bond motifs is 1. The number of likely N-dealkylation sites (tertiary alicyclic amines) is 1. The number of carboxylic acids is 1. The molecule has 0 aromatic heterocycles. The number of ether oxygens (including phenoxy) is 2. The van der Waals surface area contributed by atoms with Crippen molar-refractivity contribution in [1.82, 2.24) is 4.90 Å². The standard InChI is InChI=1S/C20H27NO5/c1-19(2,3)15-6-4-5-7-16(15)26-12-17(22)21-10-14-11-25-9-8-20(14,13-21)18(23)24/h4-7,14H,8-13H2,1-3H3,(H,23,24)/t14-,20+/m0/s1. The number of para-hydroxylation sites is 1. The number of amides is 1. The topological polar surface area (TPSA) is 76.1 Å². The van der Waals surface area contributed by atoms with E-state index in [-0.39, 0.29) is 30.4 Å². The Hall–Kier alpha value is -2.08. The van der Waals surface area contributed by atoms with Gasteiger partial charge in [-0.15, -0.1) is 0 Å². The lowest BCUT2D eigenvalue weighted by molar-refractivity contribution is -0.157. The molecule has 2 aliphatic rings. The fourth-order valence-electron chi connectivity index (χ4n) is 3.93. The lowest BCUT2D eigenvalue weighted by Crippen LogP contribution is -2.45. The van der Waals surface area contributed by atoms with Crippen molar-refractivity contribution in [3.8, 4) is 5.75 Å². The van der Waals surface area contributed by atoms with Gasteiger partial charge in [-0.25, -0.2) is 0 Å². The zero-order valence-electron chi connectivity index (χ0n) is 15.7. The molecule has 1 N–H and O–H groups in total. The highest BCUT2D eigenvalue weighted by Gasteiger charge is 2.54. The van der Waals surface area contributed by atoms with Crippen LogP contribution in [0.15, 0.2) is 24.3 Å². The van der Waals surface area contributed by atoms with Crippen LogP contribution in [-0.4, -0.2) is 54.8 Å². The molecule has 0 bridgehead atoms. The summed E-state index contributed by atoms with van der Waals surface area (Å²) in [5, 5.41) is 9.71. The Morgan fingerprint density at radius 2 is 2.08 bits per heavy atom. The number of benzene rings is 1. The van der Waals surface area contributed by atoms with E-state index < -0.39 is 11.4 Å². The van der Waals surface area contributed by atoms with Crippen LogP contribution in [-0.2, 0) is 19.7 Å². The second kappa shape index (κ2) is 6.91. The molecule has 2 aliphatic heterocycles. The van der Waals surface area contributed by atoms with Gasteiger partial charge in [-0.05, 0) is 23.5 Å². The van der Waals surface area contributed by atoms with Crippen LogP contribution < -0.4 is 4.74 Å². The lowest BCUT2D eigenvalue weighted by atomic mass is 9.74. The first-order valence-electron chi connectivity index (χ1n) is 9.05. The molecule has 3 rings (SSSR count). The number of carbonyl (C=O) groups excluding carboxylic acids is 1. The van der Waals surface area contributed by atoms with E-state index in [2.05, 4.69) is 20.8 Å². The van der Waals surface area contributed by atoms with Crippen LogP contribution >= 0.6 is 0 Å². The predicted molar refractivity (Wildman–Crippen MR) is 96.2 cm³/mol. The van der Waals surface area contributed by atoms with E-state index in [1.54, 1.807) is 4.90 Å². The molecule has 0 saturated carbocycles. The van der Waals surface area contributed by atoms with Gasteiger partial charge in [0.15, 0.2) is 6.61 Å². The Kier molecular flexibility index (Phi) is 4.97. The average molecular weight is 361 g/mol. The molecule has 0 radical (unpaired) electrons. The SMILES string of the molecule is CC(C)(C)c1ccccc1OCC(=O)N1C[C@H]2COCC[C@@]2(C(=O)O)C1. The number of nitrogens with zero attached hydrogens (tertiary/aromatic N) is 1. The van der Waals surface area contributed by atoms with Crippen molar-refractivity contribution in [2.24, 2.45) is 11.3 Å². The van der Waals surface area contributed by atoms with Crippen LogP contribution in [0, 0.1) is 11.3 Å². The minimum atomic E-state index is -0.878. The summed E-state index contributed by atoms with van der Waals surface area (Å²) in [6.45, 7) is 7.67. The first-order valence-corrected chi connectivity index (χ1v) is 9.05. The first kappa shape index (κ1) is 18.7. The fourth-order valence-corrected chi connectivity index (χ4v) is 3.93. The van der Waals surface area contributed by atoms with Crippen LogP contribution in [0.3, 0.4) is 0 Å². The van der Waals surface area contributed by atoms with Crippen molar-refractivity contribution in [3.05, 3.63) is 29.8 Å². The smallest absolute Gasteiger partial charge is 0.311 e. The number of carboxylic acid groups (broad SMARTS) is 1. The van der Waals surface area contributed by atoms with Crippen molar-refractivity contribution in [2.45, 2.75) is 32.6 Å². The Morgan fingerprint density at radius 1 is 1.35 bits per heavy atom. The summed E-state index contributed by atoms with van der Waals surface area (Å²) in [7, 11) is 0. The second-order valence-electron chi connectivity index (χ2n) is 8.29. The second-order valence-corrected chi connectivity index (χ2v) is 8.29. The summed E-state index contributed by atoms with van der Waals surface area (Å²) >= 11 is 0. The third-order valence-electron chi connectivity index (χ3n) is 5.53. The monoisotopic (exact) mass is 361 g/mol. The van der Waals surface area contributed by atoms with Gasteiger partial charge in [-0.1, -0.05) is 39.0 Å². The average Bonchev–Trinajstić information content (AvgIpc) is 3.00. The highest BCUT2D eigenvalue weighted by molar-refractivity contribution is 5.82.